The summed E-state index contributed by atoms with van der Waals surface area (Å²) in [6, 6.07) is 5.44. The van der Waals surface area contributed by atoms with E-state index in [9.17, 15) is 0 Å². The van der Waals surface area contributed by atoms with E-state index in [4.69, 9.17) is 27.9 Å². The van der Waals surface area contributed by atoms with Crippen molar-refractivity contribution in [1.29, 1.82) is 0 Å². The van der Waals surface area contributed by atoms with Gasteiger partial charge in [-0.1, -0.05) is 11.6 Å². The number of benzene rings is 1. The lowest BCUT2D eigenvalue weighted by Gasteiger charge is -2.04. The van der Waals surface area contributed by atoms with E-state index >= 15 is 0 Å². The Balaban J connectivity index is 2.60. The molecule has 0 aliphatic carbocycles. The van der Waals surface area contributed by atoms with Gasteiger partial charge in [-0.3, -0.25) is 0 Å². The molecule has 0 N–H and O–H groups in total. The molecule has 2 rings (SSSR count). The molecule has 3 nitrogen and oxygen atoms in total. The van der Waals surface area contributed by atoms with E-state index in [1.54, 1.807) is 6.07 Å². The molecular weight excluding hydrogens is 235 g/mol. The Morgan fingerprint density at radius 3 is 2.80 bits per heavy atom. The minimum absolute atomic E-state index is 0.140. The molecule has 5 heteroatoms. The zero-order chi connectivity index (χ0) is 10.8. The molecule has 0 aliphatic heterocycles. The summed E-state index contributed by atoms with van der Waals surface area (Å²) in [5.41, 5.74) is 0.686. The highest BCUT2D eigenvalue weighted by Crippen LogP contribution is 2.25. The molecule has 0 unspecified atom stereocenters. The molecule has 0 bridgehead atoms. The van der Waals surface area contributed by atoms with Gasteiger partial charge in [0.1, 0.15) is 10.9 Å². The van der Waals surface area contributed by atoms with Crippen molar-refractivity contribution >= 4 is 34.1 Å². The number of rotatable bonds is 2. The topological polar surface area (TPSA) is 35.0 Å². The van der Waals surface area contributed by atoms with Crippen LogP contribution in [0.2, 0.25) is 10.4 Å². The van der Waals surface area contributed by atoms with Gasteiger partial charge in [-0.2, -0.15) is 0 Å². The van der Waals surface area contributed by atoms with Gasteiger partial charge in [0.2, 0.25) is 5.28 Å². The van der Waals surface area contributed by atoms with E-state index in [0.717, 1.165) is 11.1 Å². The van der Waals surface area contributed by atoms with Crippen LogP contribution in [0, 0.1) is 0 Å². The minimum atomic E-state index is 0.140. The van der Waals surface area contributed by atoms with Crippen molar-refractivity contribution in [1.82, 2.24) is 9.97 Å². The van der Waals surface area contributed by atoms with Crippen molar-refractivity contribution in [2.45, 2.75) is 6.92 Å². The van der Waals surface area contributed by atoms with Crippen LogP contribution < -0.4 is 4.74 Å². The van der Waals surface area contributed by atoms with Crippen molar-refractivity contribution in [3.05, 3.63) is 28.6 Å². The van der Waals surface area contributed by atoms with Gasteiger partial charge in [0.05, 0.1) is 12.1 Å². The SMILES string of the molecule is CCOc1ccc2c(Cl)nc(Cl)nc2c1. The Morgan fingerprint density at radius 1 is 1.27 bits per heavy atom. The van der Waals surface area contributed by atoms with Crippen LogP contribution in [0.3, 0.4) is 0 Å². The molecule has 15 heavy (non-hydrogen) atoms. The van der Waals surface area contributed by atoms with Crippen LogP contribution in [0.5, 0.6) is 5.75 Å². The van der Waals surface area contributed by atoms with Crippen LogP contribution in [0.4, 0.5) is 0 Å². The second-order valence-electron chi connectivity index (χ2n) is 2.90. The highest BCUT2D eigenvalue weighted by Gasteiger charge is 2.05. The van der Waals surface area contributed by atoms with E-state index in [2.05, 4.69) is 9.97 Å². The fourth-order valence-corrected chi connectivity index (χ4v) is 1.76. The van der Waals surface area contributed by atoms with Crippen LogP contribution in [0.25, 0.3) is 10.9 Å². The summed E-state index contributed by atoms with van der Waals surface area (Å²) < 4.78 is 5.35. The van der Waals surface area contributed by atoms with Crippen molar-refractivity contribution in [3.8, 4) is 5.75 Å². The quantitative estimate of drug-likeness (QED) is 0.599. The van der Waals surface area contributed by atoms with Gasteiger partial charge < -0.3 is 4.74 Å². The van der Waals surface area contributed by atoms with Gasteiger partial charge in [-0.15, -0.1) is 0 Å². The highest BCUT2D eigenvalue weighted by atomic mass is 35.5. The smallest absolute Gasteiger partial charge is 0.224 e. The molecule has 1 aromatic carbocycles. The van der Waals surface area contributed by atoms with Crippen molar-refractivity contribution in [2.75, 3.05) is 6.61 Å². The maximum Gasteiger partial charge on any atom is 0.224 e. The molecule has 78 valence electrons. The van der Waals surface area contributed by atoms with Crippen LogP contribution in [0.1, 0.15) is 6.92 Å². The lowest BCUT2D eigenvalue weighted by Crippen LogP contribution is -1.92. The molecule has 0 fully saturated rings. The maximum atomic E-state index is 5.92. The molecule has 0 atom stereocenters. The lowest BCUT2D eigenvalue weighted by molar-refractivity contribution is 0.340. The molecule has 0 amide bonds. The summed E-state index contributed by atoms with van der Waals surface area (Å²) in [5, 5.41) is 1.26. The first-order valence-corrected chi connectivity index (χ1v) is 5.22. The number of hydrogen-bond donors (Lipinski definition) is 0. The molecule has 0 spiro atoms. The third kappa shape index (κ3) is 2.13. The number of ether oxygens (including phenoxy) is 1. The van der Waals surface area contributed by atoms with Gasteiger partial charge in [-0.05, 0) is 30.7 Å². The summed E-state index contributed by atoms with van der Waals surface area (Å²) in [7, 11) is 0. The molecule has 1 aromatic heterocycles. The van der Waals surface area contributed by atoms with Crippen LogP contribution in [0.15, 0.2) is 18.2 Å². The third-order valence-electron chi connectivity index (χ3n) is 1.91. The summed E-state index contributed by atoms with van der Waals surface area (Å²) in [6.45, 7) is 2.53. The molecule has 0 radical (unpaired) electrons. The van der Waals surface area contributed by atoms with E-state index in [-0.39, 0.29) is 5.28 Å². The van der Waals surface area contributed by atoms with Gasteiger partial charge in [0.25, 0.3) is 0 Å². The Bertz CT molecular complexity index is 502. The fourth-order valence-electron chi connectivity index (χ4n) is 1.30. The molecule has 2 aromatic rings. The molecule has 1 heterocycles. The summed E-state index contributed by atoms with van der Waals surface area (Å²) in [6.07, 6.45) is 0. The first kappa shape index (κ1) is 10.5. The lowest BCUT2D eigenvalue weighted by atomic mass is 10.2. The van der Waals surface area contributed by atoms with E-state index < -0.39 is 0 Å². The summed E-state index contributed by atoms with van der Waals surface area (Å²) in [5.74, 6) is 0.746. The number of nitrogens with zero attached hydrogens (tertiary/aromatic N) is 2. The molecular formula is C10H8Cl2N2O. The zero-order valence-electron chi connectivity index (χ0n) is 8.00. The Kier molecular flexibility index (Phi) is 2.93. The van der Waals surface area contributed by atoms with Crippen LogP contribution in [-0.4, -0.2) is 16.6 Å². The van der Waals surface area contributed by atoms with E-state index in [0.29, 0.717) is 17.3 Å². The fraction of sp³-hybridized carbons (Fsp3) is 0.200. The number of aromatic nitrogens is 2. The number of halogens is 2. The average molecular weight is 243 g/mol. The Hall–Kier alpha value is -1.06. The first-order valence-electron chi connectivity index (χ1n) is 4.46. The third-order valence-corrected chi connectivity index (χ3v) is 2.36. The van der Waals surface area contributed by atoms with Gasteiger partial charge >= 0.3 is 0 Å². The summed E-state index contributed by atoms with van der Waals surface area (Å²) in [4.78, 5) is 7.93. The average Bonchev–Trinajstić information content (AvgIpc) is 2.17. The van der Waals surface area contributed by atoms with Gasteiger partial charge in [-0.25, -0.2) is 9.97 Å². The normalized spacial score (nSPS) is 10.6. The minimum Gasteiger partial charge on any atom is -0.494 e. The van der Waals surface area contributed by atoms with Crippen LogP contribution >= 0.6 is 23.2 Å². The number of fused-ring (bicyclic) bond motifs is 1. The van der Waals surface area contributed by atoms with E-state index in [1.165, 1.54) is 0 Å². The Labute approximate surface area is 97.0 Å². The standard InChI is InChI=1S/C10H8Cl2N2O/c1-2-15-6-3-4-7-8(5-6)13-10(12)14-9(7)11/h3-5H,2H2,1H3. The monoisotopic (exact) mass is 242 g/mol. The molecule has 0 saturated heterocycles. The predicted octanol–water partition coefficient (Wildman–Crippen LogP) is 3.34. The van der Waals surface area contributed by atoms with Crippen molar-refractivity contribution in [2.24, 2.45) is 0 Å². The molecule has 0 aliphatic rings. The second-order valence-corrected chi connectivity index (χ2v) is 3.59. The largest absolute Gasteiger partial charge is 0.494 e. The first-order chi connectivity index (χ1) is 7.20. The van der Waals surface area contributed by atoms with Crippen molar-refractivity contribution in [3.63, 3.8) is 0 Å². The predicted molar refractivity (Wildman–Crippen MR) is 60.7 cm³/mol. The zero-order valence-corrected chi connectivity index (χ0v) is 9.51. The summed E-state index contributed by atoms with van der Waals surface area (Å²) >= 11 is 11.6. The van der Waals surface area contributed by atoms with E-state index in [1.807, 2.05) is 19.1 Å². The Morgan fingerprint density at radius 2 is 2.07 bits per heavy atom. The highest BCUT2D eigenvalue weighted by molar-refractivity contribution is 6.35. The van der Waals surface area contributed by atoms with Gasteiger partial charge in [0, 0.05) is 11.5 Å². The van der Waals surface area contributed by atoms with Crippen LogP contribution in [-0.2, 0) is 0 Å². The van der Waals surface area contributed by atoms with Gasteiger partial charge in [0.15, 0.2) is 0 Å². The van der Waals surface area contributed by atoms with Crippen molar-refractivity contribution < 1.29 is 4.74 Å². The maximum absolute atomic E-state index is 5.92. The molecule has 0 saturated carbocycles. The second kappa shape index (κ2) is 4.21. The number of hydrogen-bond acceptors (Lipinski definition) is 3.